The molecule has 0 aliphatic carbocycles. The van der Waals surface area contributed by atoms with Crippen LogP contribution in [0.1, 0.15) is 23.5 Å². The number of nitrogens with one attached hydrogen (secondary N) is 2. The maximum absolute atomic E-state index is 5.97. The van der Waals surface area contributed by atoms with E-state index in [4.69, 9.17) is 4.74 Å². The number of rotatable bonds is 3. The first-order valence-corrected chi connectivity index (χ1v) is 11.0. The van der Waals surface area contributed by atoms with E-state index in [1.165, 1.54) is 34.4 Å². The summed E-state index contributed by atoms with van der Waals surface area (Å²) in [5.74, 6) is 0.566. The van der Waals surface area contributed by atoms with Crippen molar-refractivity contribution in [2.45, 2.75) is 25.0 Å². The Morgan fingerprint density at radius 3 is 2.80 bits per heavy atom. The molecule has 0 amide bonds. The highest BCUT2D eigenvalue weighted by Gasteiger charge is 2.41. The summed E-state index contributed by atoms with van der Waals surface area (Å²) >= 11 is 0. The Morgan fingerprint density at radius 2 is 1.87 bits per heavy atom. The minimum Gasteiger partial charge on any atom is -0.375 e. The Labute approximate surface area is 177 Å². The summed E-state index contributed by atoms with van der Waals surface area (Å²) in [5, 5.41) is 7.35. The van der Waals surface area contributed by atoms with E-state index < -0.39 is 0 Å². The van der Waals surface area contributed by atoms with Gasteiger partial charge in [-0.1, -0.05) is 48.5 Å². The maximum Gasteiger partial charge on any atom is 0.0738 e. The summed E-state index contributed by atoms with van der Waals surface area (Å²) in [5.41, 5.74) is 8.98. The number of hydrogen-bond donors (Lipinski definition) is 2. The number of ether oxygens (including phenoxy) is 1. The molecule has 3 aromatic carbocycles. The van der Waals surface area contributed by atoms with Gasteiger partial charge in [0.1, 0.15) is 0 Å². The highest BCUT2D eigenvalue weighted by molar-refractivity contribution is 5.82. The molecule has 0 bridgehead atoms. The molecule has 30 heavy (non-hydrogen) atoms. The quantitative estimate of drug-likeness (QED) is 0.660. The zero-order valence-electron chi connectivity index (χ0n) is 17.1. The van der Waals surface area contributed by atoms with Gasteiger partial charge >= 0.3 is 0 Å². The van der Waals surface area contributed by atoms with Gasteiger partial charge in [-0.2, -0.15) is 0 Å². The van der Waals surface area contributed by atoms with E-state index in [0.717, 1.165) is 37.6 Å². The molecule has 4 heteroatoms. The van der Waals surface area contributed by atoms with Crippen LogP contribution in [0.15, 0.2) is 66.7 Å². The second kappa shape index (κ2) is 7.46. The molecule has 2 N–H and O–H groups in total. The van der Waals surface area contributed by atoms with Crippen molar-refractivity contribution < 1.29 is 4.74 Å². The lowest BCUT2D eigenvalue weighted by molar-refractivity contribution is 0.130. The topological polar surface area (TPSA) is 36.5 Å². The average molecular weight is 398 g/mol. The average Bonchev–Trinajstić information content (AvgIpc) is 2.96. The molecule has 0 spiro atoms. The van der Waals surface area contributed by atoms with Gasteiger partial charge in [-0.05, 0) is 42.3 Å². The molecule has 1 fully saturated rings. The Balaban J connectivity index is 1.41. The predicted octanol–water partition coefficient (Wildman–Crippen LogP) is 4.89. The van der Waals surface area contributed by atoms with Crippen LogP contribution in [0.3, 0.4) is 0 Å². The molecule has 3 aliphatic rings. The molecule has 0 saturated carbocycles. The van der Waals surface area contributed by atoms with Crippen molar-refractivity contribution >= 4 is 17.1 Å². The van der Waals surface area contributed by atoms with E-state index in [0.29, 0.717) is 18.6 Å². The third kappa shape index (κ3) is 2.99. The Hall–Kier alpha value is -2.82. The summed E-state index contributed by atoms with van der Waals surface area (Å²) in [4.78, 5) is 2.63. The van der Waals surface area contributed by atoms with Crippen molar-refractivity contribution in [1.82, 2.24) is 5.32 Å². The molecule has 1 unspecified atom stereocenters. The Bertz CT molecular complexity index is 1070. The predicted molar refractivity (Wildman–Crippen MR) is 123 cm³/mol. The molecule has 6 rings (SSSR count). The molecule has 0 aromatic heterocycles. The lowest BCUT2D eigenvalue weighted by Gasteiger charge is -2.33. The van der Waals surface area contributed by atoms with Crippen LogP contribution in [0.2, 0.25) is 0 Å². The fraction of sp³-hybridized carbons (Fsp3) is 0.308. The maximum atomic E-state index is 5.97. The summed E-state index contributed by atoms with van der Waals surface area (Å²) in [7, 11) is 0. The minimum absolute atomic E-state index is 0.566. The van der Waals surface area contributed by atoms with E-state index in [9.17, 15) is 0 Å². The van der Waals surface area contributed by atoms with Crippen LogP contribution in [0.5, 0.6) is 0 Å². The zero-order chi connectivity index (χ0) is 19.9. The van der Waals surface area contributed by atoms with Crippen molar-refractivity contribution in [3.63, 3.8) is 0 Å². The largest absolute Gasteiger partial charge is 0.375 e. The highest BCUT2D eigenvalue weighted by atomic mass is 16.5. The molecule has 0 radical (unpaired) electrons. The van der Waals surface area contributed by atoms with Crippen LogP contribution in [0, 0.1) is 0 Å². The summed E-state index contributed by atoms with van der Waals surface area (Å²) in [6, 6.07) is 24.4. The van der Waals surface area contributed by atoms with Crippen molar-refractivity contribution in [2.75, 3.05) is 36.5 Å². The third-order valence-electron chi connectivity index (χ3n) is 6.78. The smallest absolute Gasteiger partial charge is 0.0738 e. The number of piperidine rings is 1. The monoisotopic (exact) mass is 397 g/mol. The standard InChI is InChI=1S/C26H27N3O/c1-2-6-18(7-3-1)21-8-4-5-9-24(21)28-20-14-19-17-30-13-12-29-25-10-11-27-16-23(25)22(15-20)26(19)29/h1-9,14-15,23,25,27-28H,10-13,16-17H2/t23-,25?/m0/s1. The van der Waals surface area contributed by atoms with E-state index in [2.05, 4.69) is 82.3 Å². The van der Waals surface area contributed by atoms with Crippen molar-refractivity contribution in [1.29, 1.82) is 0 Å². The summed E-state index contributed by atoms with van der Waals surface area (Å²) in [6.07, 6.45) is 1.21. The van der Waals surface area contributed by atoms with E-state index in [1.54, 1.807) is 0 Å². The molecule has 3 heterocycles. The van der Waals surface area contributed by atoms with Gasteiger partial charge in [0.25, 0.3) is 0 Å². The van der Waals surface area contributed by atoms with Gasteiger partial charge in [0.15, 0.2) is 0 Å². The van der Waals surface area contributed by atoms with E-state index in [-0.39, 0.29) is 0 Å². The molecular formula is C26H27N3O. The molecule has 152 valence electrons. The molecule has 3 aliphatic heterocycles. The molecule has 2 atom stereocenters. The van der Waals surface area contributed by atoms with Gasteiger partial charge in [-0.25, -0.2) is 0 Å². The number of nitrogens with zero attached hydrogens (tertiary/aromatic N) is 1. The van der Waals surface area contributed by atoms with Crippen LogP contribution < -0.4 is 15.5 Å². The van der Waals surface area contributed by atoms with Crippen molar-refractivity contribution in [3.8, 4) is 11.1 Å². The first-order chi connectivity index (χ1) is 14.9. The lowest BCUT2D eigenvalue weighted by atomic mass is 9.89. The van der Waals surface area contributed by atoms with Gasteiger partial charge in [0, 0.05) is 53.2 Å². The fourth-order valence-electron chi connectivity index (χ4n) is 5.47. The van der Waals surface area contributed by atoms with Gasteiger partial charge in [0.05, 0.1) is 13.2 Å². The first-order valence-electron chi connectivity index (χ1n) is 11.0. The SMILES string of the molecule is c1ccc(-c2ccccc2Nc2cc3c4c(c2)[C@@H]2CNCCC2N4CCOC3)cc1. The molecule has 3 aromatic rings. The van der Waals surface area contributed by atoms with E-state index >= 15 is 0 Å². The van der Waals surface area contributed by atoms with Crippen LogP contribution in [0.25, 0.3) is 11.1 Å². The van der Waals surface area contributed by atoms with Gasteiger partial charge in [-0.15, -0.1) is 0 Å². The Kier molecular flexibility index (Phi) is 4.47. The number of anilines is 3. The van der Waals surface area contributed by atoms with Gasteiger partial charge < -0.3 is 20.3 Å². The van der Waals surface area contributed by atoms with Crippen molar-refractivity contribution in [3.05, 3.63) is 77.9 Å². The summed E-state index contributed by atoms with van der Waals surface area (Å²) < 4.78 is 5.97. The first kappa shape index (κ1) is 18.0. The molecule has 4 nitrogen and oxygen atoms in total. The fourth-order valence-corrected chi connectivity index (χ4v) is 5.47. The zero-order valence-corrected chi connectivity index (χ0v) is 17.1. The van der Waals surface area contributed by atoms with Crippen LogP contribution in [-0.4, -0.2) is 32.3 Å². The van der Waals surface area contributed by atoms with Gasteiger partial charge in [-0.3, -0.25) is 0 Å². The van der Waals surface area contributed by atoms with Gasteiger partial charge in [0.2, 0.25) is 0 Å². The number of para-hydroxylation sites is 1. The Morgan fingerprint density at radius 1 is 1.00 bits per heavy atom. The second-order valence-electron chi connectivity index (χ2n) is 8.52. The second-order valence-corrected chi connectivity index (χ2v) is 8.52. The number of hydrogen-bond acceptors (Lipinski definition) is 4. The number of benzene rings is 3. The minimum atomic E-state index is 0.566. The molecular weight excluding hydrogens is 370 g/mol. The van der Waals surface area contributed by atoms with Crippen LogP contribution >= 0.6 is 0 Å². The van der Waals surface area contributed by atoms with Crippen LogP contribution in [0.4, 0.5) is 17.1 Å². The lowest BCUT2D eigenvalue weighted by Crippen LogP contribution is -2.44. The third-order valence-corrected chi connectivity index (χ3v) is 6.78. The van der Waals surface area contributed by atoms with Crippen molar-refractivity contribution in [2.24, 2.45) is 0 Å². The normalized spacial score (nSPS) is 22.2. The van der Waals surface area contributed by atoms with E-state index in [1.807, 2.05) is 0 Å². The molecule has 1 saturated heterocycles. The number of fused-ring (bicyclic) bond motifs is 3. The summed E-state index contributed by atoms with van der Waals surface area (Å²) in [6.45, 7) is 4.69. The van der Waals surface area contributed by atoms with Crippen LogP contribution in [-0.2, 0) is 11.3 Å². The highest BCUT2D eigenvalue weighted by Crippen LogP contribution is 2.47.